The number of nitriles is 1. The number of thioether (sulfide) groups is 1. The van der Waals surface area contributed by atoms with Gasteiger partial charge in [-0.15, -0.1) is 11.3 Å². The monoisotopic (exact) mass is 331 g/mol. The molecule has 3 aromatic rings. The lowest BCUT2D eigenvalue weighted by molar-refractivity contribution is 0.582. The normalized spacial score (nSPS) is 10.9. The number of thiophene rings is 1. The molecule has 0 saturated heterocycles. The predicted molar refractivity (Wildman–Crippen MR) is 88.2 cm³/mol. The molecule has 0 amide bonds. The van der Waals surface area contributed by atoms with E-state index >= 15 is 0 Å². The zero-order chi connectivity index (χ0) is 15.5. The Morgan fingerprint density at radius 3 is 3.09 bits per heavy atom. The molecule has 3 aromatic heterocycles. The highest BCUT2D eigenvalue weighted by Gasteiger charge is 2.17. The lowest BCUT2D eigenvalue weighted by Crippen LogP contribution is -2.22. The maximum absolute atomic E-state index is 12.8. The predicted octanol–water partition coefficient (Wildman–Crippen LogP) is 3.74. The number of hydrogen-bond acceptors (Lipinski definition) is 6. The molecule has 0 N–H and O–H groups in total. The fraction of sp³-hybridized carbons (Fsp3) is 0.267. The van der Waals surface area contributed by atoms with Crippen molar-refractivity contribution in [2.75, 3.05) is 5.75 Å². The molecule has 0 bridgehead atoms. The molecule has 0 spiro atoms. The lowest BCUT2D eigenvalue weighted by atomic mass is 10.2. The minimum Gasteiger partial charge on any atom is -0.464 e. The highest BCUT2D eigenvalue weighted by molar-refractivity contribution is 7.99. The first kappa shape index (κ1) is 14.9. The van der Waals surface area contributed by atoms with E-state index < -0.39 is 0 Å². The van der Waals surface area contributed by atoms with Gasteiger partial charge in [-0.2, -0.15) is 5.26 Å². The first-order chi connectivity index (χ1) is 10.8. The van der Waals surface area contributed by atoms with Crippen LogP contribution in [0.1, 0.15) is 13.3 Å². The van der Waals surface area contributed by atoms with E-state index in [0.717, 1.165) is 5.56 Å². The summed E-state index contributed by atoms with van der Waals surface area (Å²) in [5, 5.41) is 11.8. The molecule has 3 rings (SSSR count). The Hall–Kier alpha value is -2.04. The van der Waals surface area contributed by atoms with Crippen LogP contribution in [0.25, 0.3) is 21.5 Å². The van der Waals surface area contributed by atoms with Crippen LogP contribution in [0.5, 0.6) is 0 Å². The van der Waals surface area contributed by atoms with Crippen LogP contribution in [0, 0.1) is 11.3 Å². The fourth-order valence-corrected chi connectivity index (χ4v) is 4.07. The van der Waals surface area contributed by atoms with Crippen LogP contribution >= 0.6 is 23.1 Å². The molecule has 0 saturated carbocycles. The SMILES string of the molecule is CCn1c(SCCC#N)nc2scc(-c3ccco3)c2c1=O. The van der Waals surface area contributed by atoms with Crippen molar-refractivity contribution in [3.05, 3.63) is 34.1 Å². The Morgan fingerprint density at radius 1 is 1.55 bits per heavy atom. The highest BCUT2D eigenvalue weighted by Crippen LogP contribution is 2.32. The first-order valence-electron chi connectivity index (χ1n) is 6.82. The van der Waals surface area contributed by atoms with Crippen molar-refractivity contribution in [3.63, 3.8) is 0 Å². The second kappa shape index (κ2) is 6.38. The number of nitrogens with zero attached hydrogens (tertiary/aromatic N) is 3. The van der Waals surface area contributed by atoms with Gasteiger partial charge in [-0.05, 0) is 19.1 Å². The third kappa shape index (κ3) is 2.56. The summed E-state index contributed by atoms with van der Waals surface area (Å²) in [4.78, 5) is 18.1. The van der Waals surface area contributed by atoms with Crippen molar-refractivity contribution >= 4 is 33.3 Å². The Kier molecular flexibility index (Phi) is 4.32. The summed E-state index contributed by atoms with van der Waals surface area (Å²) < 4.78 is 7.07. The van der Waals surface area contributed by atoms with E-state index in [2.05, 4.69) is 11.1 Å². The lowest BCUT2D eigenvalue weighted by Gasteiger charge is -2.09. The van der Waals surface area contributed by atoms with Crippen molar-refractivity contribution in [1.29, 1.82) is 5.26 Å². The molecule has 0 unspecified atom stereocenters. The third-order valence-corrected chi connectivity index (χ3v) is 5.06. The van der Waals surface area contributed by atoms with Crippen molar-refractivity contribution in [2.45, 2.75) is 25.0 Å². The standard InChI is InChI=1S/C15H13N3O2S2/c1-2-18-14(19)12-10(11-5-3-7-20-11)9-22-13(12)17-15(18)21-8-4-6-16/h3,5,7,9H,2,4,8H2,1H3. The van der Waals surface area contributed by atoms with Gasteiger partial charge in [0.25, 0.3) is 5.56 Å². The van der Waals surface area contributed by atoms with Crippen molar-refractivity contribution in [2.24, 2.45) is 0 Å². The first-order valence-corrected chi connectivity index (χ1v) is 8.68. The summed E-state index contributed by atoms with van der Waals surface area (Å²) >= 11 is 2.88. The van der Waals surface area contributed by atoms with E-state index in [4.69, 9.17) is 9.68 Å². The van der Waals surface area contributed by atoms with Crippen LogP contribution in [0.15, 0.2) is 38.1 Å². The molecule has 0 aliphatic rings. The summed E-state index contributed by atoms with van der Waals surface area (Å²) in [6.07, 6.45) is 2.03. The molecular formula is C15H13N3O2S2. The molecule has 0 aromatic carbocycles. The van der Waals surface area contributed by atoms with Gasteiger partial charge in [-0.1, -0.05) is 11.8 Å². The van der Waals surface area contributed by atoms with Gasteiger partial charge in [0.1, 0.15) is 10.6 Å². The zero-order valence-corrected chi connectivity index (χ0v) is 13.5. The van der Waals surface area contributed by atoms with E-state index in [0.29, 0.717) is 39.9 Å². The Morgan fingerprint density at radius 2 is 2.41 bits per heavy atom. The topological polar surface area (TPSA) is 71.8 Å². The quantitative estimate of drug-likeness (QED) is 0.404. The number of rotatable bonds is 5. The fourth-order valence-electron chi connectivity index (χ4n) is 2.20. The average molecular weight is 331 g/mol. The molecule has 0 fully saturated rings. The molecule has 0 aliphatic carbocycles. The minimum absolute atomic E-state index is 0.0559. The smallest absolute Gasteiger partial charge is 0.263 e. The molecule has 7 heteroatoms. The Balaban J connectivity index is 2.15. The van der Waals surface area contributed by atoms with E-state index in [9.17, 15) is 4.79 Å². The number of furan rings is 1. The molecule has 0 radical (unpaired) electrons. The van der Waals surface area contributed by atoms with Crippen LogP contribution in [0.4, 0.5) is 0 Å². The molecule has 0 atom stereocenters. The summed E-state index contributed by atoms with van der Waals surface area (Å²) in [7, 11) is 0. The van der Waals surface area contributed by atoms with E-state index in [1.807, 2.05) is 18.4 Å². The molecular weight excluding hydrogens is 318 g/mol. The van der Waals surface area contributed by atoms with Gasteiger partial charge in [0.15, 0.2) is 5.16 Å². The Labute approximate surface area is 135 Å². The zero-order valence-electron chi connectivity index (χ0n) is 11.9. The van der Waals surface area contributed by atoms with Gasteiger partial charge in [0.05, 0.1) is 17.7 Å². The number of fused-ring (bicyclic) bond motifs is 1. The maximum atomic E-state index is 12.8. The van der Waals surface area contributed by atoms with Crippen molar-refractivity contribution < 1.29 is 4.42 Å². The van der Waals surface area contributed by atoms with Crippen LogP contribution in [-0.4, -0.2) is 15.3 Å². The van der Waals surface area contributed by atoms with Gasteiger partial charge in [-0.25, -0.2) is 4.98 Å². The van der Waals surface area contributed by atoms with Crippen LogP contribution in [0.2, 0.25) is 0 Å². The van der Waals surface area contributed by atoms with Crippen LogP contribution in [0.3, 0.4) is 0 Å². The molecule has 3 heterocycles. The van der Waals surface area contributed by atoms with Gasteiger partial charge in [-0.3, -0.25) is 9.36 Å². The highest BCUT2D eigenvalue weighted by atomic mass is 32.2. The second-order valence-electron chi connectivity index (χ2n) is 4.51. The molecule has 0 aliphatic heterocycles. The molecule has 5 nitrogen and oxygen atoms in total. The maximum Gasteiger partial charge on any atom is 0.263 e. The Bertz CT molecular complexity index is 888. The third-order valence-electron chi connectivity index (χ3n) is 3.21. The average Bonchev–Trinajstić information content (AvgIpc) is 3.16. The van der Waals surface area contributed by atoms with Gasteiger partial charge >= 0.3 is 0 Å². The van der Waals surface area contributed by atoms with E-state index in [-0.39, 0.29) is 5.56 Å². The van der Waals surface area contributed by atoms with Crippen molar-refractivity contribution in [3.8, 4) is 17.4 Å². The van der Waals surface area contributed by atoms with Crippen LogP contribution in [-0.2, 0) is 6.54 Å². The minimum atomic E-state index is -0.0559. The van der Waals surface area contributed by atoms with Gasteiger partial charge in [0.2, 0.25) is 0 Å². The summed E-state index contributed by atoms with van der Waals surface area (Å²) in [5.74, 6) is 1.31. The van der Waals surface area contributed by atoms with Gasteiger partial charge < -0.3 is 4.42 Å². The summed E-state index contributed by atoms with van der Waals surface area (Å²) in [6, 6.07) is 5.75. The summed E-state index contributed by atoms with van der Waals surface area (Å²) in [6.45, 7) is 2.46. The number of aromatic nitrogens is 2. The summed E-state index contributed by atoms with van der Waals surface area (Å²) in [5.41, 5.74) is 0.734. The van der Waals surface area contributed by atoms with E-state index in [1.165, 1.54) is 23.1 Å². The number of hydrogen-bond donors (Lipinski definition) is 0. The van der Waals surface area contributed by atoms with Crippen LogP contribution < -0.4 is 5.56 Å². The van der Waals surface area contributed by atoms with Crippen molar-refractivity contribution in [1.82, 2.24) is 9.55 Å². The molecule has 112 valence electrons. The van der Waals surface area contributed by atoms with E-state index in [1.54, 1.807) is 16.9 Å². The van der Waals surface area contributed by atoms with Gasteiger partial charge in [0, 0.05) is 29.7 Å². The second-order valence-corrected chi connectivity index (χ2v) is 6.43. The molecule has 22 heavy (non-hydrogen) atoms. The largest absolute Gasteiger partial charge is 0.464 e.